The Morgan fingerprint density at radius 1 is 1.52 bits per heavy atom. The standard InChI is InChI=1S/C11H15N5O4S/c1-7-9(11(17)18)10(14-13-7)21(19,20)16(3)6-8-4-12-15(2)5-8/h4-5H,6H2,1-3H3,(H,13,14)(H,17,18). The number of nitrogens with one attached hydrogen (secondary N) is 1. The molecule has 0 atom stereocenters. The minimum absolute atomic E-state index is 0.0706. The van der Waals surface area contributed by atoms with E-state index in [4.69, 9.17) is 5.11 Å². The van der Waals surface area contributed by atoms with Gasteiger partial charge in [-0.15, -0.1) is 0 Å². The van der Waals surface area contributed by atoms with E-state index in [-0.39, 0.29) is 17.8 Å². The average molecular weight is 313 g/mol. The topological polar surface area (TPSA) is 121 Å². The largest absolute Gasteiger partial charge is 0.478 e. The van der Waals surface area contributed by atoms with Gasteiger partial charge in [-0.25, -0.2) is 13.2 Å². The van der Waals surface area contributed by atoms with Crippen LogP contribution in [0.15, 0.2) is 17.4 Å². The van der Waals surface area contributed by atoms with Crippen LogP contribution in [0.25, 0.3) is 0 Å². The quantitative estimate of drug-likeness (QED) is 0.799. The van der Waals surface area contributed by atoms with Crippen LogP contribution in [0.3, 0.4) is 0 Å². The smallest absolute Gasteiger partial charge is 0.340 e. The Bertz CT molecular complexity index is 776. The first-order chi connectivity index (χ1) is 9.73. The van der Waals surface area contributed by atoms with Crippen molar-refractivity contribution in [3.63, 3.8) is 0 Å². The lowest BCUT2D eigenvalue weighted by Gasteiger charge is -2.15. The molecule has 0 unspecified atom stereocenters. The van der Waals surface area contributed by atoms with Crippen molar-refractivity contribution in [1.82, 2.24) is 24.3 Å². The van der Waals surface area contributed by atoms with E-state index in [1.54, 1.807) is 24.1 Å². The van der Waals surface area contributed by atoms with Gasteiger partial charge in [-0.05, 0) is 6.92 Å². The Morgan fingerprint density at radius 3 is 2.71 bits per heavy atom. The summed E-state index contributed by atoms with van der Waals surface area (Å²) >= 11 is 0. The number of hydrogen-bond donors (Lipinski definition) is 2. The number of aromatic carboxylic acids is 1. The monoisotopic (exact) mass is 313 g/mol. The lowest BCUT2D eigenvalue weighted by atomic mass is 10.3. The first-order valence-electron chi connectivity index (χ1n) is 5.95. The van der Waals surface area contributed by atoms with Gasteiger partial charge in [-0.2, -0.15) is 14.5 Å². The molecule has 10 heteroatoms. The fraction of sp³-hybridized carbons (Fsp3) is 0.364. The van der Waals surface area contributed by atoms with Crippen LogP contribution in [0.1, 0.15) is 21.6 Å². The molecule has 0 aliphatic heterocycles. The molecule has 0 spiro atoms. The van der Waals surface area contributed by atoms with Crippen molar-refractivity contribution in [3.8, 4) is 0 Å². The molecule has 2 aromatic rings. The van der Waals surface area contributed by atoms with E-state index in [1.165, 1.54) is 14.0 Å². The van der Waals surface area contributed by atoms with E-state index in [9.17, 15) is 13.2 Å². The van der Waals surface area contributed by atoms with Gasteiger partial charge in [0, 0.05) is 38.1 Å². The summed E-state index contributed by atoms with van der Waals surface area (Å²) in [5.41, 5.74) is 0.539. The Morgan fingerprint density at radius 2 is 2.19 bits per heavy atom. The molecule has 0 bridgehead atoms. The number of carbonyl (C=O) groups is 1. The van der Waals surface area contributed by atoms with Gasteiger partial charge < -0.3 is 5.11 Å². The molecule has 0 aliphatic rings. The molecule has 114 valence electrons. The average Bonchev–Trinajstić information content (AvgIpc) is 2.95. The van der Waals surface area contributed by atoms with Crippen LogP contribution in [0, 0.1) is 6.92 Å². The lowest BCUT2D eigenvalue weighted by Crippen LogP contribution is -2.28. The number of aromatic nitrogens is 4. The van der Waals surface area contributed by atoms with E-state index in [0.29, 0.717) is 5.56 Å². The van der Waals surface area contributed by atoms with Gasteiger partial charge in [0.25, 0.3) is 10.0 Å². The van der Waals surface area contributed by atoms with Crippen molar-refractivity contribution in [2.45, 2.75) is 18.5 Å². The van der Waals surface area contributed by atoms with Gasteiger partial charge in [0.2, 0.25) is 5.03 Å². The summed E-state index contributed by atoms with van der Waals surface area (Å²) in [4.78, 5) is 11.2. The van der Waals surface area contributed by atoms with Crippen LogP contribution in [0.5, 0.6) is 0 Å². The van der Waals surface area contributed by atoms with Gasteiger partial charge in [-0.1, -0.05) is 0 Å². The molecule has 0 saturated carbocycles. The highest BCUT2D eigenvalue weighted by atomic mass is 32.2. The maximum Gasteiger partial charge on any atom is 0.340 e. The van der Waals surface area contributed by atoms with Gasteiger partial charge in [0.1, 0.15) is 5.56 Å². The first-order valence-corrected chi connectivity index (χ1v) is 7.39. The number of H-pyrrole nitrogens is 1. The summed E-state index contributed by atoms with van der Waals surface area (Å²) in [7, 11) is -0.931. The molecule has 2 rings (SSSR count). The summed E-state index contributed by atoms with van der Waals surface area (Å²) in [5.74, 6) is -1.34. The SMILES string of the molecule is Cc1[nH]nc(S(=O)(=O)N(C)Cc2cnn(C)c2)c1C(=O)O. The highest BCUT2D eigenvalue weighted by Crippen LogP contribution is 2.20. The normalized spacial score (nSPS) is 12.0. The van der Waals surface area contributed by atoms with Crippen molar-refractivity contribution in [3.05, 3.63) is 29.2 Å². The minimum Gasteiger partial charge on any atom is -0.478 e. The molecule has 0 aliphatic carbocycles. The van der Waals surface area contributed by atoms with Crippen molar-refractivity contribution in [2.75, 3.05) is 7.05 Å². The predicted molar refractivity (Wildman–Crippen MR) is 72.1 cm³/mol. The predicted octanol–water partition coefficient (Wildman–Crippen LogP) is -0.0295. The molecule has 0 fully saturated rings. The van der Waals surface area contributed by atoms with Crippen LogP contribution in [0.4, 0.5) is 0 Å². The van der Waals surface area contributed by atoms with Crippen molar-refractivity contribution < 1.29 is 18.3 Å². The van der Waals surface area contributed by atoms with E-state index in [2.05, 4.69) is 15.3 Å². The number of carboxylic acid groups (broad SMARTS) is 1. The summed E-state index contributed by atoms with van der Waals surface area (Å²) in [6.07, 6.45) is 3.22. The van der Waals surface area contributed by atoms with Crippen molar-refractivity contribution in [2.24, 2.45) is 7.05 Å². The highest BCUT2D eigenvalue weighted by Gasteiger charge is 2.31. The zero-order chi connectivity index (χ0) is 15.8. The fourth-order valence-electron chi connectivity index (χ4n) is 1.89. The molecule has 2 heterocycles. The third kappa shape index (κ3) is 2.81. The highest BCUT2D eigenvalue weighted by molar-refractivity contribution is 7.89. The number of carboxylic acids is 1. The number of sulfonamides is 1. The van der Waals surface area contributed by atoms with E-state index in [1.807, 2.05) is 0 Å². The van der Waals surface area contributed by atoms with E-state index >= 15 is 0 Å². The van der Waals surface area contributed by atoms with Crippen molar-refractivity contribution in [1.29, 1.82) is 0 Å². The molecule has 2 aromatic heterocycles. The van der Waals surface area contributed by atoms with Gasteiger partial charge in [-0.3, -0.25) is 9.78 Å². The fourth-order valence-corrected chi connectivity index (χ4v) is 3.16. The molecular weight excluding hydrogens is 298 g/mol. The first kappa shape index (κ1) is 15.2. The van der Waals surface area contributed by atoms with Gasteiger partial charge in [0.15, 0.2) is 0 Å². The second-order valence-corrected chi connectivity index (χ2v) is 6.58. The molecular formula is C11H15N5O4S. The van der Waals surface area contributed by atoms with Crippen molar-refractivity contribution >= 4 is 16.0 Å². The third-order valence-corrected chi connectivity index (χ3v) is 4.68. The molecule has 21 heavy (non-hydrogen) atoms. The zero-order valence-corrected chi connectivity index (χ0v) is 12.5. The number of nitrogens with zero attached hydrogens (tertiary/aromatic N) is 4. The van der Waals surface area contributed by atoms with E-state index in [0.717, 1.165) is 4.31 Å². The van der Waals surface area contributed by atoms with Crippen LogP contribution in [-0.2, 0) is 23.6 Å². The number of rotatable bonds is 5. The maximum atomic E-state index is 12.4. The molecule has 0 amide bonds. The summed E-state index contributed by atoms with van der Waals surface area (Å²) in [6.45, 7) is 1.53. The summed E-state index contributed by atoms with van der Waals surface area (Å²) < 4.78 is 27.5. The maximum absolute atomic E-state index is 12.4. The Balaban J connectivity index is 2.35. The summed E-state index contributed by atoms with van der Waals surface area (Å²) in [6, 6.07) is 0. The molecule has 0 radical (unpaired) electrons. The van der Waals surface area contributed by atoms with Crippen LogP contribution >= 0.6 is 0 Å². The minimum atomic E-state index is -4.01. The Hall–Kier alpha value is -2.20. The lowest BCUT2D eigenvalue weighted by molar-refractivity contribution is 0.0691. The number of aromatic amines is 1. The molecule has 0 aromatic carbocycles. The molecule has 2 N–H and O–H groups in total. The summed E-state index contributed by atoms with van der Waals surface area (Å²) in [5, 5.41) is 18.6. The zero-order valence-electron chi connectivity index (χ0n) is 11.7. The van der Waals surface area contributed by atoms with Crippen LogP contribution in [-0.4, -0.2) is 50.8 Å². The van der Waals surface area contributed by atoms with Crippen LogP contribution < -0.4 is 0 Å². The molecule has 9 nitrogen and oxygen atoms in total. The Kier molecular flexibility index (Phi) is 3.83. The van der Waals surface area contributed by atoms with E-state index < -0.39 is 21.0 Å². The second kappa shape index (κ2) is 5.30. The third-order valence-electron chi connectivity index (χ3n) is 2.95. The Labute approximate surface area is 121 Å². The number of hydrogen-bond acceptors (Lipinski definition) is 5. The van der Waals surface area contributed by atoms with Crippen LogP contribution in [0.2, 0.25) is 0 Å². The van der Waals surface area contributed by atoms with Gasteiger partial charge in [0.05, 0.1) is 6.20 Å². The second-order valence-electron chi connectivity index (χ2n) is 4.62. The molecule has 0 saturated heterocycles. The van der Waals surface area contributed by atoms with Gasteiger partial charge >= 0.3 is 5.97 Å². The number of aryl methyl sites for hydroxylation is 2.